The van der Waals surface area contributed by atoms with Crippen LogP contribution in [0.15, 0.2) is 24.3 Å². The predicted molar refractivity (Wildman–Crippen MR) is 93.2 cm³/mol. The molecule has 1 heterocycles. The first-order chi connectivity index (χ1) is 9.10. The van der Waals surface area contributed by atoms with Crippen LogP contribution in [0.2, 0.25) is 0 Å². The van der Waals surface area contributed by atoms with Gasteiger partial charge in [0.1, 0.15) is 4.88 Å². The van der Waals surface area contributed by atoms with Gasteiger partial charge in [-0.05, 0) is 38.6 Å². The van der Waals surface area contributed by atoms with Gasteiger partial charge in [0, 0.05) is 12.2 Å². The van der Waals surface area contributed by atoms with Crippen molar-refractivity contribution in [1.82, 2.24) is 10.3 Å². The third-order valence-corrected chi connectivity index (χ3v) is 3.77. The molecule has 0 spiro atoms. The van der Waals surface area contributed by atoms with Crippen molar-refractivity contribution < 1.29 is 4.79 Å². The molecule has 1 amide bonds. The van der Waals surface area contributed by atoms with Crippen molar-refractivity contribution in [2.24, 2.45) is 0 Å². The van der Waals surface area contributed by atoms with Crippen molar-refractivity contribution in [1.29, 1.82) is 0 Å². The van der Waals surface area contributed by atoms with Gasteiger partial charge in [-0.2, -0.15) is 0 Å². The maximum Gasteiger partial charge on any atom is 0.267 e. The molecule has 0 fully saturated rings. The highest BCUT2D eigenvalue weighted by Crippen LogP contribution is 2.19. The second kappa shape index (κ2) is 9.00. The molecule has 0 aliphatic rings. The monoisotopic (exact) mass is 347 g/mol. The maximum absolute atomic E-state index is 12.1. The van der Waals surface area contributed by atoms with E-state index in [1.54, 1.807) is 0 Å². The number of amides is 1. The Labute approximate surface area is 141 Å². The Bertz CT molecular complexity index is 584. The van der Waals surface area contributed by atoms with Crippen LogP contribution < -0.4 is 10.6 Å². The lowest BCUT2D eigenvalue weighted by atomic mass is 10.2. The van der Waals surface area contributed by atoms with Gasteiger partial charge < -0.3 is 10.6 Å². The number of nitrogens with one attached hydrogen (secondary N) is 2. The Morgan fingerprint density at radius 2 is 1.81 bits per heavy atom. The fourth-order valence-corrected chi connectivity index (χ4v) is 2.65. The van der Waals surface area contributed by atoms with Crippen LogP contribution in [0.25, 0.3) is 0 Å². The quantitative estimate of drug-likeness (QED) is 0.888. The van der Waals surface area contributed by atoms with Gasteiger partial charge in [-0.1, -0.05) is 12.1 Å². The highest BCUT2D eigenvalue weighted by molar-refractivity contribution is 7.13. The number of rotatable bonds is 4. The summed E-state index contributed by atoms with van der Waals surface area (Å²) in [4.78, 5) is 17.0. The molecular formula is C14H19Cl2N3OS. The Balaban J connectivity index is 0.00000200. The van der Waals surface area contributed by atoms with Crippen LogP contribution in [0.3, 0.4) is 0 Å². The van der Waals surface area contributed by atoms with E-state index in [1.807, 2.05) is 45.2 Å². The number of halogens is 2. The molecule has 0 saturated heterocycles. The smallest absolute Gasteiger partial charge is 0.267 e. The minimum Gasteiger partial charge on any atom is -0.321 e. The Morgan fingerprint density at radius 1 is 1.19 bits per heavy atom. The molecule has 7 heteroatoms. The van der Waals surface area contributed by atoms with Crippen LogP contribution in [-0.4, -0.2) is 17.9 Å². The number of benzene rings is 1. The van der Waals surface area contributed by atoms with Gasteiger partial charge in [-0.25, -0.2) is 4.98 Å². The first kappa shape index (κ1) is 19.9. The molecule has 0 aliphatic carbocycles. The average Bonchev–Trinajstić information content (AvgIpc) is 2.71. The van der Waals surface area contributed by atoms with E-state index < -0.39 is 0 Å². The van der Waals surface area contributed by atoms with Gasteiger partial charge in [-0.15, -0.1) is 36.2 Å². The topological polar surface area (TPSA) is 54.0 Å². The summed E-state index contributed by atoms with van der Waals surface area (Å²) in [5.74, 6) is -0.0931. The summed E-state index contributed by atoms with van der Waals surface area (Å²) in [6.45, 7) is 4.58. The zero-order chi connectivity index (χ0) is 13.8. The molecule has 21 heavy (non-hydrogen) atoms. The SMILES string of the molecule is CNCc1ccc(NC(=O)c2sc(C)nc2C)cc1.Cl.Cl. The number of carbonyl (C=O) groups is 1. The van der Waals surface area contributed by atoms with E-state index in [-0.39, 0.29) is 30.7 Å². The summed E-state index contributed by atoms with van der Waals surface area (Å²) in [5.41, 5.74) is 2.77. The number of anilines is 1. The molecular weight excluding hydrogens is 329 g/mol. The van der Waals surface area contributed by atoms with Gasteiger partial charge >= 0.3 is 0 Å². The van der Waals surface area contributed by atoms with Crippen molar-refractivity contribution in [3.8, 4) is 0 Å². The molecule has 0 saturated carbocycles. The number of hydrogen-bond acceptors (Lipinski definition) is 4. The van der Waals surface area contributed by atoms with E-state index >= 15 is 0 Å². The summed E-state index contributed by atoms with van der Waals surface area (Å²) in [5, 5.41) is 6.89. The molecule has 0 radical (unpaired) electrons. The second-order valence-electron chi connectivity index (χ2n) is 4.33. The third kappa shape index (κ3) is 5.28. The summed E-state index contributed by atoms with van der Waals surface area (Å²) in [6, 6.07) is 7.81. The molecule has 0 atom stereocenters. The number of nitrogens with zero attached hydrogens (tertiary/aromatic N) is 1. The van der Waals surface area contributed by atoms with E-state index in [1.165, 1.54) is 16.9 Å². The molecule has 4 nitrogen and oxygen atoms in total. The van der Waals surface area contributed by atoms with Crippen molar-refractivity contribution in [3.05, 3.63) is 45.4 Å². The zero-order valence-corrected chi connectivity index (χ0v) is 14.5. The minimum absolute atomic E-state index is 0. The van der Waals surface area contributed by atoms with Crippen LogP contribution in [0, 0.1) is 13.8 Å². The summed E-state index contributed by atoms with van der Waals surface area (Å²) in [6.07, 6.45) is 0. The number of hydrogen-bond donors (Lipinski definition) is 2. The van der Waals surface area contributed by atoms with Crippen molar-refractivity contribution in [2.75, 3.05) is 12.4 Å². The molecule has 1 aromatic heterocycles. The van der Waals surface area contributed by atoms with Crippen LogP contribution in [-0.2, 0) is 6.54 Å². The predicted octanol–water partition coefficient (Wildman–Crippen LogP) is 3.58. The highest BCUT2D eigenvalue weighted by atomic mass is 35.5. The van der Waals surface area contributed by atoms with Crippen LogP contribution in [0.5, 0.6) is 0 Å². The Morgan fingerprint density at radius 3 is 2.29 bits per heavy atom. The van der Waals surface area contributed by atoms with Gasteiger partial charge in [0.15, 0.2) is 0 Å². The number of carbonyl (C=O) groups excluding carboxylic acids is 1. The molecule has 116 valence electrons. The number of aryl methyl sites for hydroxylation is 2. The summed E-state index contributed by atoms with van der Waals surface area (Å²) in [7, 11) is 1.91. The zero-order valence-electron chi connectivity index (χ0n) is 12.1. The standard InChI is InChI=1S/C14H17N3OS.2ClH/c1-9-13(19-10(2)16-9)14(18)17-12-6-4-11(5-7-12)8-15-3;;/h4-7,15H,8H2,1-3H3,(H,17,18);2*1H. The first-order valence-corrected chi connectivity index (χ1v) is 6.90. The minimum atomic E-state index is -0.0931. The van der Waals surface area contributed by atoms with Crippen molar-refractivity contribution in [3.63, 3.8) is 0 Å². The summed E-state index contributed by atoms with van der Waals surface area (Å²) >= 11 is 1.42. The highest BCUT2D eigenvalue weighted by Gasteiger charge is 2.13. The summed E-state index contributed by atoms with van der Waals surface area (Å²) < 4.78 is 0. The van der Waals surface area contributed by atoms with Gasteiger partial charge in [-0.3, -0.25) is 4.79 Å². The van der Waals surface area contributed by atoms with Crippen molar-refractivity contribution in [2.45, 2.75) is 20.4 Å². The average molecular weight is 348 g/mol. The Hall–Kier alpha value is -1.14. The molecule has 0 bridgehead atoms. The maximum atomic E-state index is 12.1. The molecule has 2 aromatic rings. The van der Waals surface area contributed by atoms with E-state index in [0.29, 0.717) is 4.88 Å². The van der Waals surface area contributed by atoms with E-state index in [0.717, 1.165) is 22.9 Å². The normalized spacial score (nSPS) is 9.48. The lowest BCUT2D eigenvalue weighted by Gasteiger charge is -2.05. The van der Waals surface area contributed by atoms with Gasteiger partial charge in [0.05, 0.1) is 10.7 Å². The number of aromatic nitrogens is 1. The van der Waals surface area contributed by atoms with Gasteiger partial charge in [0.25, 0.3) is 5.91 Å². The van der Waals surface area contributed by atoms with Crippen LogP contribution in [0.1, 0.15) is 25.9 Å². The molecule has 0 aliphatic heterocycles. The molecule has 2 rings (SSSR count). The van der Waals surface area contributed by atoms with Crippen molar-refractivity contribution >= 4 is 47.7 Å². The molecule has 2 N–H and O–H groups in total. The lowest BCUT2D eigenvalue weighted by molar-refractivity contribution is 0.103. The third-order valence-electron chi connectivity index (χ3n) is 2.70. The van der Waals surface area contributed by atoms with E-state index in [4.69, 9.17) is 0 Å². The molecule has 0 unspecified atom stereocenters. The second-order valence-corrected chi connectivity index (χ2v) is 5.53. The first-order valence-electron chi connectivity index (χ1n) is 6.09. The van der Waals surface area contributed by atoms with Gasteiger partial charge in [0.2, 0.25) is 0 Å². The fourth-order valence-electron chi connectivity index (χ4n) is 1.84. The lowest BCUT2D eigenvalue weighted by Crippen LogP contribution is -2.11. The number of thiazole rings is 1. The van der Waals surface area contributed by atoms with E-state index in [9.17, 15) is 4.79 Å². The fraction of sp³-hybridized carbons (Fsp3) is 0.286. The van der Waals surface area contributed by atoms with Crippen LogP contribution in [0.4, 0.5) is 5.69 Å². The largest absolute Gasteiger partial charge is 0.321 e. The molecule has 1 aromatic carbocycles. The van der Waals surface area contributed by atoms with Crippen LogP contribution >= 0.6 is 36.2 Å². The Kier molecular flexibility index (Phi) is 8.51. The van der Waals surface area contributed by atoms with E-state index in [2.05, 4.69) is 15.6 Å².